The number of hydrogen-bond acceptors (Lipinski definition) is 2. The van der Waals surface area contributed by atoms with Crippen LogP contribution < -0.4 is 5.43 Å². The maximum Gasteiger partial charge on any atom is 0.295 e. The lowest BCUT2D eigenvalue weighted by Crippen LogP contribution is -2.43. The summed E-state index contributed by atoms with van der Waals surface area (Å²) in [6.07, 6.45) is 3.86. The van der Waals surface area contributed by atoms with Crippen LogP contribution in [0.1, 0.15) is 18.1 Å². The fourth-order valence-electron chi connectivity index (χ4n) is 1.55. The predicted molar refractivity (Wildman–Crippen MR) is 84.4 cm³/mol. The van der Waals surface area contributed by atoms with Gasteiger partial charge in [-0.2, -0.15) is 5.10 Å². The molecule has 0 saturated carbocycles. The highest BCUT2D eigenvalue weighted by molar-refractivity contribution is 5.97. The van der Waals surface area contributed by atoms with Crippen molar-refractivity contribution in [2.24, 2.45) is 5.10 Å². The average molecular weight is 274 g/mol. The van der Waals surface area contributed by atoms with E-state index in [0.29, 0.717) is 11.0 Å². The first-order valence-electron chi connectivity index (χ1n) is 6.64. The van der Waals surface area contributed by atoms with Gasteiger partial charge in [0.25, 0.3) is 5.91 Å². The summed E-state index contributed by atoms with van der Waals surface area (Å²) in [4.78, 5) is 11.6. The molecule has 0 saturated heterocycles. The number of quaternary nitrogens is 1. The Morgan fingerprint density at radius 2 is 1.85 bits per heavy atom. The molecule has 0 aliphatic carbocycles. The van der Waals surface area contributed by atoms with Gasteiger partial charge in [-0.05, 0) is 25.5 Å². The Kier molecular flexibility index (Phi) is 5.65. The van der Waals surface area contributed by atoms with Gasteiger partial charge in [0, 0.05) is 0 Å². The summed E-state index contributed by atoms with van der Waals surface area (Å²) in [7, 11) is 5.90. The van der Waals surface area contributed by atoms with Crippen LogP contribution >= 0.6 is 0 Å². The van der Waals surface area contributed by atoms with Crippen LogP contribution in [0.3, 0.4) is 0 Å². The molecule has 108 valence electrons. The van der Waals surface area contributed by atoms with Gasteiger partial charge in [-0.1, -0.05) is 35.9 Å². The maximum absolute atomic E-state index is 11.6. The van der Waals surface area contributed by atoms with Crippen molar-refractivity contribution in [3.8, 4) is 0 Å². The third-order valence-electron chi connectivity index (χ3n) is 2.57. The summed E-state index contributed by atoms with van der Waals surface area (Å²) >= 11 is 0. The molecule has 0 fully saturated rings. The standard InChI is InChI=1S/C16H23N3O/c1-13-6-9-15(10-7-13)11-8-14(2)17-18-16(20)12-19(3,4)5/h6-11H,12H2,1-5H3/p+1. The highest BCUT2D eigenvalue weighted by Gasteiger charge is 2.13. The monoisotopic (exact) mass is 274 g/mol. The number of benzene rings is 1. The van der Waals surface area contributed by atoms with Crippen molar-refractivity contribution in [2.75, 3.05) is 27.7 Å². The number of carbonyl (C=O) groups excluding carboxylic acids is 1. The molecule has 0 aliphatic heterocycles. The van der Waals surface area contributed by atoms with Crippen molar-refractivity contribution in [1.82, 2.24) is 5.43 Å². The van der Waals surface area contributed by atoms with Crippen molar-refractivity contribution in [1.29, 1.82) is 0 Å². The number of nitrogens with one attached hydrogen (secondary N) is 1. The number of carbonyl (C=O) groups is 1. The van der Waals surface area contributed by atoms with Crippen LogP contribution in [0.15, 0.2) is 35.4 Å². The predicted octanol–water partition coefficient (Wildman–Crippen LogP) is 2.21. The van der Waals surface area contributed by atoms with E-state index in [1.54, 1.807) is 0 Å². The van der Waals surface area contributed by atoms with Crippen molar-refractivity contribution in [3.63, 3.8) is 0 Å². The molecule has 0 spiro atoms. The summed E-state index contributed by atoms with van der Waals surface area (Å²) in [5.74, 6) is -0.0828. The molecule has 0 atom stereocenters. The number of allylic oxidation sites excluding steroid dienone is 1. The van der Waals surface area contributed by atoms with Crippen LogP contribution in [-0.2, 0) is 4.79 Å². The zero-order valence-electron chi connectivity index (χ0n) is 13.0. The van der Waals surface area contributed by atoms with Gasteiger partial charge in [-0.3, -0.25) is 4.79 Å². The summed E-state index contributed by atoms with van der Waals surface area (Å²) in [6, 6.07) is 8.23. The fourth-order valence-corrected chi connectivity index (χ4v) is 1.55. The molecular formula is C16H24N3O+. The highest BCUT2D eigenvalue weighted by Crippen LogP contribution is 2.04. The minimum Gasteiger partial charge on any atom is -0.323 e. The van der Waals surface area contributed by atoms with E-state index in [1.165, 1.54) is 5.56 Å². The molecule has 0 unspecified atom stereocenters. The van der Waals surface area contributed by atoms with Crippen molar-refractivity contribution >= 4 is 17.7 Å². The minimum atomic E-state index is -0.0828. The summed E-state index contributed by atoms with van der Waals surface area (Å²) in [6.45, 7) is 4.32. The Morgan fingerprint density at radius 3 is 2.40 bits per heavy atom. The smallest absolute Gasteiger partial charge is 0.295 e. The second-order valence-corrected chi connectivity index (χ2v) is 5.98. The first-order chi connectivity index (χ1) is 9.26. The Hall–Kier alpha value is -1.94. The molecule has 0 heterocycles. The largest absolute Gasteiger partial charge is 0.323 e. The Bertz CT molecular complexity index is 508. The number of hydrogen-bond donors (Lipinski definition) is 1. The number of rotatable bonds is 5. The molecule has 1 aromatic carbocycles. The Balaban J connectivity index is 2.53. The molecule has 1 aromatic rings. The molecule has 4 heteroatoms. The van der Waals surface area contributed by atoms with E-state index in [4.69, 9.17) is 0 Å². The molecular weight excluding hydrogens is 250 g/mol. The summed E-state index contributed by atoms with van der Waals surface area (Å²) in [5, 5.41) is 4.06. The fraction of sp³-hybridized carbons (Fsp3) is 0.375. The summed E-state index contributed by atoms with van der Waals surface area (Å²) < 4.78 is 0.583. The van der Waals surface area contributed by atoms with Gasteiger partial charge in [0.05, 0.1) is 26.9 Å². The normalized spacial score (nSPS) is 12.8. The first kappa shape index (κ1) is 16.1. The van der Waals surface area contributed by atoms with Gasteiger partial charge in [0.15, 0.2) is 6.54 Å². The van der Waals surface area contributed by atoms with E-state index >= 15 is 0 Å². The number of amides is 1. The van der Waals surface area contributed by atoms with E-state index < -0.39 is 0 Å². The molecule has 0 aromatic heterocycles. The number of likely N-dealkylation sites (N-methyl/N-ethyl adjacent to an activating group) is 1. The molecule has 1 amide bonds. The summed E-state index contributed by atoms with van der Waals surface area (Å²) in [5.41, 5.74) is 5.68. The van der Waals surface area contributed by atoms with Crippen LogP contribution in [0, 0.1) is 6.92 Å². The molecule has 1 N–H and O–H groups in total. The average Bonchev–Trinajstić information content (AvgIpc) is 2.33. The zero-order valence-corrected chi connectivity index (χ0v) is 13.0. The van der Waals surface area contributed by atoms with Gasteiger partial charge in [-0.25, -0.2) is 5.43 Å². The highest BCUT2D eigenvalue weighted by atomic mass is 16.2. The lowest BCUT2D eigenvalue weighted by molar-refractivity contribution is -0.862. The van der Waals surface area contributed by atoms with Crippen molar-refractivity contribution < 1.29 is 9.28 Å². The second kappa shape index (κ2) is 7.01. The number of aryl methyl sites for hydroxylation is 1. The van der Waals surface area contributed by atoms with E-state index in [0.717, 1.165) is 11.3 Å². The van der Waals surface area contributed by atoms with Crippen molar-refractivity contribution in [2.45, 2.75) is 13.8 Å². The van der Waals surface area contributed by atoms with E-state index in [-0.39, 0.29) is 5.91 Å². The van der Waals surface area contributed by atoms with Gasteiger partial charge < -0.3 is 4.48 Å². The van der Waals surface area contributed by atoms with Gasteiger partial charge in [0.1, 0.15) is 0 Å². The first-order valence-corrected chi connectivity index (χ1v) is 6.64. The van der Waals surface area contributed by atoms with Crippen LogP contribution in [0.4, 0.5) is 0 Å². The van der Waals surface area contributed by atoms with Crippen molar-refractivity contribution in [3.05, 3.63) is 41.5 Å². The second-order valence-electron chi connectivity index (χ2n) is 5.98. The SMILES string of the molecule is CC(C=Cc1ccc(C)cc1)=NNC(=O)C[N+](C)(C)C. The van der Waals surface area contributed by atoms with E-state index in [2.05, 4.69) is 41.7 Å². The quantitative estimate of drug-likeness (QED) is 0.499. The van der Waals surface area contributed by atoms with Crippen LogP contribution in [0.5, 0.6) is 0 Å². The van der Waals surface area contributed by atoms with Crippen LogP contribution in [0.25, 0.3) is 6.08 Å². The van der Waals surface area contributed by atoms with Gasteiger partial charge >= 0.3 is 0 Å². The molecule has 0 radical (unpaired) electrons. The maximum atomic E-state index is 11.6. The molecule has 20 heavy (non-hydrogen) atoms. The molecule has 1 rings (SSSR count). The zero-order chi connectivity index (χ0) is 15.2. The van der Waals surface area contributed by atoms with E-state index in [9.17, 15) is 4.79 Å². The molecule has 4 nitrogen and oxygen atoms in total. The van der Waals surface area contributed by atoms with Gasteiger partial charge in [-0.15, -0.1) is 0 Å². The topological polar surface area (TPSA) is 41.5 Å². The lowest BCUT2D eigenvalue weighted by Gasteiger charge is -2.22. The number of nitrogens with zero attached hydrogens (tertiary/aromatic N) is 2. The Labute approximate surface area is 121 Å². The third kappa shape index (κ3) is 6.85. The Morgan fingerprint density at radius 1 is 1.25 bits per heavy atom. The lowest BCUT2D eigenvalue weighted by atomic mass is 10.1. The minimum absolute atomic E-state index is 0.0828. The molecule has 0 bridgehead atoms. The van der Waals surface area contributed by atoms with Gasteiger partial charge in [0.2, 0.25) is 0 Å². The van der Waals surface area contributed by atoms with Crippen LogP contribution in [0.2, 0.25) is 0 Å². The third-order valence-corrected chi connectivity index (χ3v) is 2.57. The van der Waals surface area contributed by atoms with E-state index in [1.807, 2.05) is 40.2 Å². The van der Waals surface area contributed by atoms with Crippen LogP contribution in [-0.4, -0.2) is 43.8 Å². The number of hydrazone groups is 1. The molecule has 0 aliphatic rings.